The van der Waals surface area contributed by atoms with Crippen LogP contribution in [0.1, 0.15) is 36.0 Å². The largest absolute Gasteiger partial charge is 0.496 e. The molecule has 0 N–H and O–H groups in total. The molecule has 8 nitrogen and oxygen atoms in total. The van der Waals surface area contributed by atoms with Crippen LogP contribution in [0.2, 0.25) is 0 Å². The van der Waals surface area contributed by atoms with Gasteiger partial charge >= 0.3 is 0 Å². The van der Waals surface area contributed by atoms with Crippen LogP contribution in [0, 0.1) is 6.92 Å². The van der Waals surface area contributed by atoms with Crippen LogP contribution in [0.5, 0.6) is 11.5 Å². The van der Waals surface area contributed by atoms with E-state index in [4.69, 9.17) is 18.3 Å². The summed E-state index contributed by atoms with van der Waals surface area (Å²) >= 11 is 0. The summed E-state index contributed by atoms with van der Waals surface area (Å²) < 4.78 is 23.4. The van der Waals surface area contributed by atoms with Crippen molar-refractivity contribution in [3.8, 4) is 22.8 Å². The molecule has 2 aromatic heterocycles. The van der Waals surface area contributed by atoms with Gasteiger partial charge in [0.25, 0.3) is 0 Å². The Bertz CT molecular complexity index is 2180. The quantitative estimate of drug-likeness (QED) is 0.163. The minimum absolute atomic E-state index is 0.00207. The van der Waals surface area contributed by atoms with Gasteiger partial charge in [0.05, 0.1) is 41.5 Å². The summed E-state index contributed by atoms with van der Waals surface area (Å²) in [6, 6.07) is 24.4. The third-order valence-corrected chi connectivity index (χ3v) is 8.93. The van der Waals surface area contributed by atoms with Crippen LogP contribution in [-0.4, -0.2) is 51.2 Å². The minimum Gasteiger partial charge on any atom is -0.496 e. The minimum atomic E-state index is -0.00207. The van der Waals surface area contributed by atoms with Crippen molar-refractivity contribution in [3.63, 3.8) is 0 Å². The van der Waals surface area contributed by atoms with Gasteiger partial charge in [-0.3, -0.25) is 14.5 Å². The van der Waals surface area contributed by atoms with E-state index in [-0.39, 0.29) is 10.9 Å². The Labute approximate surface area is 280 Å². The molecule has 0 amide bonds. The number of methoxy groups -OCH3 is 2. The van der Waals surface area contributed by atoms with Crippen molar-refractivity contribution in [1.29, 1.82) is 0 Å². The van der Waals surface area contributed by atoms with Crippen LogP contribution in [0.4, 0.5) is 0 Å². The van der Waals surface area contributed by atoms with Crippen molar-refractivity contribution in [2.45, 2.75) is 39.3 Å². The summed E-state index contributed by atoms with van der Waals surface area (Å²) in [5.41, 5.74) is 5.27. The fourth-order valence-electron chi connectivity index (χ4n) is 6.50. The summed E-state index contributed by atoms with van der Waals surface area (Å²) in [7, 11) is 7.25. The number of likely N-dealkylation sites (tertiary alicyclic amines) is 1. The molecule has 7 rings (SSSR count). The Morgan fingerprint density at radius 3 is 1.96 bits per heavy atom. The molecular weight excluding hydrogens is 604 g/mol. The van der Waals surface area contributed by atoms with Crippen LogP contribution in [0.25, 0.3) is 44.2 Å². The highest BCUT2D eigenvalue weighted by Gasteiger charge is 2.20. The Kier molecular flexibility index (Phi) is 9.94. The number of nitrogens with zero attached hydrogens (tertiary/aromatic N) is 2. The lowest BCUT2D eigenvalue weighted by Gasteiger charge is -2.27. The number of para-hydroxylation sites is 1. The fraction of sp³-hybridized carbons (Fsp3) is 0.300. The lowest BCUT2D eigenvalue weighted by molar-refractivity contribution is 0.218. The highest BCUT2D eigenvalue weighted by molar-refractivity contribution is 5.92. The molecule has 0 bridgehead atoms. The Balaban J connectivity index is 0.000000167. The van der Waals surface area contributed by atoms with Gasteiger partial charge in [0.15, 0.2) is 5.43 Å². The fourth-order valence-corrected chi connectivity index (χ4v) is 6.50. The molecule has 48 heavy (non-hydrogen) atoms. The van der Waals surface area contributed by atoms with Crippen LogP contribution in [-0.2, 0) is 13.1 Å². The molecule has 1 aliphatic rings. The molecule has 0 aliphatic carbocycles. The second-order valence-corrected chi connectivity index (χ2v) is 12.5. The summed E-state index contributed by atoms with van der Waals surface area (Å²) in [5.74, 6) is 2.12. The van der Waals surface area contributed by atoms with E-state index in [0.29, 0.717) is 50.8 Å². The molecule has 6 aromatic rings. The van der Waals surface area contributed by atoms with E-state index in [1.165, 1.54) is 19.3 Å². The van der Waals surface area contributed by atoms with Gasteiger partial charge in [-0.1, -0.05) is 48.9 Å². The highest BCUT2D eigenvalue weighted by Crippen LogP contribution is 2.33. The predicted molar refractivity (Wildman–Crippen MR) is 192 cm³/mol. The number of hydrogen-bond acceptors (Lipinski definition) is 8. The summed E-state index contributed by atoms with van der Waals surface area (Å²) in [6.07, 6.45) is 3.74. The zero-order chi connectivity index (χ0) is 33.8. The molecule has 0 spiro atoms. The zero-order valence-corrected chi connectivity index (χ0v) is 28.3. The van der Waals surface area contributed by atoms with Crippen molar-refractivity contribution in [1.82, 2.24) is 9.80 Å². The predicted octanol–water partition coefficient (Wildman–Crippen LogP) is 7.78. The monoisotopic (exact) mass is 646 g/mol. The number of benzene rings is 4. The van der Waals surface area contributed by atoms with Crippen molar-refractivity contribution < 1.29 is 18.3 Å². The molecule has 1 fully saturated rings. The average Bonchev–Trinajstić information content (AvgIpc) is 3.11. The zero-order valence-electron chi connectivity index (χ0n) is 28.3. The third-order valence-electron chi connectivity index (χ3n) is 8.93. The van der Waals surface area contributed by atoms with Crippen molar-refractivity contribution in [3.05, 3.63) is 116 Å². The first-order valence-electron chi connectivity index (χ1n) is 16.4. The van der Waals surface area contributed by atoms with Gasteiger partial charge in [0.2, 0.25) is 5.43 Å². The van der Waals surface area contributed by atoms with E-state index in [0.717, 1.165) is 47.8 Å². The van der Waals surface area contributed by atoms with E-state index in [1.54, 1.807) is 20.3 Å². The molecule has 1 saturated heterocycles. The van der Waals surface area contributed by atoms with Crippen LogP contribution in [0.15, 0.2) is 97.3 Å². The Hall–Kier alpha value is -4.92. The Morgan fingerprint density at radius 2 is 1.29 bits per heavy atom. The first-order valence-corrected chi connectivity index (χ1v) is 16.4. The summed E-state index contributed by atoms with van der Waals surface area (Å²) in [6.45, 7) is 5.35. The van der Waals surface area contributed by atoms with Crippen LogP contribution >= 0.6 is 0 Å². The molecule has 0 unspecified atom stereocenters. The van der Waals surface area contributed by atoms with Gasteiger partial charge in [-0.25, -0.2) is 0 Å². The maximum atomic E-state index is 12.8. The number of rotatable bonds is 7. The van der Waals surface area contributed by atoms with E-state index >= 15 is 0 Å². The molecule has 0 radical (unpaired) electrons. The second-order valence-electron chi connectivity index (χ2n) is 12.5. The van der Waals surface area contributed by atoms with Gasteiger partial charge in [-0.15, -0.1) is 0 Å². The lowest BCUT2D eigenvalue weighted by atomic mass is 10.0. The summed E-state index contributed by atoms with van der Waals surface area (Å²) in [4.78, 5) is 30.1. The Morgan fingerprint density at radius 1 is 0.688 bits per heavy atom. The van der Waals surface area contributed by atoms with E-state index in [2.05, 4.69) is 4.90 Å². The topological polar surface area (TPSA) is 85.4 Å². The molecule has 3 heterocycles. The average molecular weight is 647 g/mol. The van der Waals surface area contributed by atoms with Crippen LogP contribution in [0.3, 0.4) is 0 Å². The highest BCUT2D eigenvalue weighted by atomic mass is 16.5. The SMILES string of the molecule is COc1ccc2c(=O)c(C)c(-c3ccccc3)oc2c1CN(C)C.COc1ccc2c(=O)c3ccccc3oc2c1CN1CCCCC1. The van der Waals surface area contributed by atoms with Gasteiger partial charge < -0.3 is 23.2 Å². The van der Waals surface area contributed by atoms with Gasteiger partial charge in [0.1, 0.15) is 34.0 Å². The maximum Gasteiger partial charge on any atom is 0.200 e. The normalized spacial score (nSPS) is 13.5. The molecule has 8 heteroatoms. The van der Waals surface area contributed by atoms with Gasteiger partial charge in [-0.2, -0.15) is 0 Å². The number of piperidine rings is 1. The van der Waals surface area contributed by atoms with Crippen molar-refractivity contribution >= 4 is 32.9 Å². The molecule has 4 aromatic carbocycles. The first-order chi connectivity index (χ1) is 23.3. The van der Waals surface area contributed by atoms with E-state index in [9.17, 15) is 9.59 Å². The van der Waals surface area contributed by atoms with E-state index < -0.39 is 0 Å². The molecule has 0 atom stereocenters. The lowest BCUT2D eigenvalue weighted by Crippen LogP contribution is -2.29. The maximum absolute atomic E-state index is 12.8. The smallest absolute Gasteiger partial charge is 0.200 e. The van der Waals surface area contributed by atoms with Crippen molar-refractivity contribution in [2.24, 2.45) is 0 Å². The number of ether oxygens (including phenoxy) is 2. The number of hydrogen-bond donors (Lipinski definition) is 0. The molecule has 248 valence electrons. The molecule has 1 aliphatic heterocycles. The standard InChI is InChI=1S/2C20H21NO3/c1-23-17-10-9-15-19(22)14-7-3-4-8-18(14)24-20(15)16(17)13-21-11-5-2-6-12-21;1-13-18(22)15-10-11-17(23-4)16(12-21(2)3)20(15)24-19(13)14-8-6-5-7-9-14/h3-4,7-10H,2,5-6,11-13H2,1H3;5-11H,12H2,1-4H3. The van der Waals surface area contributed by atoms with E-state index in [1.807, 2.05) is 98.7 Å². The number of fused-ring (bicyclic) bond motifs is 3. The third kappa shape index (κ3) is 6.59. The second kappa shape index (κ2) is 14.5. The van der Waals surface area contributed by atoms with Gasteiger partial charge in [0, 0.05) is 24.2 Å². The molecular formula is C40H42N2O6. The first kappa shape index (κ1) is 33.0. The van der Waals surface area contributed by atoms with Crippen molar-refractivity contribution in [2.75, 3.05) is 41.4 Å². The summed E-state index contributed by atoms with van der Waals surface area (Å²) in [5, 5.41) is 1.84. The van der Waals surface area contributed by atoms with Gasteiger partial charge in [-0.05, 0) is 83.3 Å². The molecule has 0 saturated carbocycles. The van der Waals surface area contributed by atoms with Crippen LogP contribution < -0.4 is 20.3 Å².